The van der Waals surface area contributed by atoms with Crippen molar-refractivity contribution >= 4 is 5.69 Å². The van der Waals surface area contributed by atoms with Crippen LogP contribution in [-0.2, 0) is 6.54 Å². The van der Waals surface area contributed by atoms with E-state index in [9.17, 15) is 0 Å². The Morgan fingerprint density at radius 1 is 1.37 bits per heavy atom. The zero-order valence-electron chi connectivity index (χ0n) is 11.7. The molecular formula is C14H19N3O2. The highest BCUT2D eigenvalue weighted by molar-refractivity contribution is 5.52. The lowest BCUT2D eigenvalue weighted by atomic mass is 10.4. The minimum absolute atomic E-state index is 0.0849. The minimum atomic E-state index is 0.0849. The number of anilines is 1. The summed E-state index contributed by atoms with van der Waals surface area (Å²) in [5, 5.41) is 3.23. The summed E-state index contributed by atoms with van der Waals surface area (Å²) in [5.74, 6) is 2.11. The molecule has 0 saturated carbocycles. The first-order chi connectivity index (χ1) is 9.06. The van der Waals surface area contributed by atoms with Crippen molar-refractivity contribution in [2.75, 3.05) is 5.32 Å². The molecule has 2 aromatic rings. The molecule has 0 fully saturated rings. The highest BCUT2D eigenvalue weighted by atomic mass is 16.5. The van der Waals surface area contributed by atoms with E-state index in [0.29, 0.717) is 18.3 Å². The van der Waals surface area contributed by atoms with Crippen molar-refractivity contribution < 1.29 is 9.15 Å². The molecule has 2 aromatic heterocycles. The molecule has 102 valence electrons. The van der Waals surface area contributed by atoms with Crippen molar-refractivity contribution in [1.29, 1.82) is 0 Å². The molecular weight excluding hydrogens is 242 g/mol. The molecule has 0 unspecified atom stereocenters. The van der Waals surface area contributed by atoms with Gasteiger partial charge in [0, 0.05) is 6.20 Å². The smallest absolute Gasteiger partial charge is 0.237 e. The summed E-state index contributed by atoms with van der Waals surface area (Å²) in [6.07, 6.45) is 1.80. The Hall–Kier alpha value is -2.04. The Labute approximate surface area is 113 Å². The molecule has 0 saturated heterocycles. The van der Waals surface area contributed by atoms with E-state index in [1.807, 2.05) is 39.8 Å². The van der Waals surface area contributed by atoms with Crippen molar-refractivity contribution in [3.8, 4) is 5.88 Å². The summed E-state index contributed by atoms with van der Waals surface area (Å²) >= 11 is 0. The fraction of sp³-hybridized carbons (Fsp3) is 0.429. The van der Waals surface area contributed by atoms with Crippen molar-refractivity contribution in [2.45, 2.75) is 40.3 Å². The van der Waals surface area contributed by atoms with Gasteiger partial charge in [0.1, 0.15) is 5.76 Å². The lowest BCUT2D eigenvalue weighted by Gasteiger charge is -2.13. The summed E-state index contributed by atoms with van der Waals surface area (Å²) in [7, 11) is 0. The molecule has 0 aliphatic carbocycles. The molecule has 0 amide bonds. The Bertz CT molecular complexity index is 530. The number of hydrogen-bond donors (Lipinski definition) is 1. The second-order valence-corrected chi connectivity index (χ2v) is 4.63. The quantitative estimate of drug-likeness (QED) is 0.896. The predicted molar refractivity (Wildman–Crippen MR) is 73.3 cm³/mol. The van der Waals surface area contributed by atoms with Crippen molar-refractivity contribution in [3.63, 3.8) is 0 Å². The van der Waals surface area contributed by atoms with Gasteiger partial charge in [-0.25, -0.2) is 9.97 Å². The van der Waals surface area contributed by atoms with Crippen LogP contribution >= 0.6 is 0 Å². The first kappa shape index (κ1) is 13.4. The summed E-state index contributed by atoms with van der Waals surface area (Å²) < 4.78 is 11.2. The fourth-order valence-corrected chi connectivity index (χ4v) is 1.63. The van der Waals surface area contributed by atoms with Gasteiger partial charge < -0.3 is 14.5 Å². The van der Waals surface area contributed by atoms with Crippen LogP contribution in [0.5, 0.6) is 5.88 Å². The second-order valence-electron chi connectivity index (χ2n) is 4.63. The second kappa shape index (κ2) is 5.73. The molecule has 0 aromatic carbocycles. The van der Waals surface area contributed by atoms with E-state index in [0.717, 1.165) is 17.1 Å². The van der Waals surface area contributed by atoms with Gasteiger partial charge in [-0.1, -0.05) is 0 Å². The topological polar surface area (TPSA) is 60.2 Å². The molecule has 5 heteroatoms. The monoisotopic (exact) mass is 261 g/mol. The van der Waals surface area contributed by atoms with Crippen molar-refractivity contribution in [1.82, 2.24) is 9.97 Å². The van der Waals surface area contributed by atoms with E-state index in [2.05, 4.69) is 15.3 Å². The zero-order valence-corrected chi connectivity index (χ0v) is 11.7. The average molecular weight is 261 g/mol. The van der Waals surface area contributed by atoms with Crippen LogP contribution < -0.4 is 10.1 Å². The predicted octanol–water partition coefficient (Wildman–Crippen LogP) is 3.09. The molecule has 0 spiro atoms. The third-order valence-electron chi connectivity index (χ3n) is 2.62. The van der Waals surface area contributed by atoms with E-state index in [-0.39, 0.29) is 6.10 Å². The molecule has 2 rings (SSSR count). The average Bonchev–Trinajstić information content (AvgIpc) is 2.67. The van der Waals surface area contributed by atoms with Crippen LogP contribution in [0.3, 0.4) is 0 Å². The SMILES string of the molecule is Cc1nc(CNc2cccnc2OC(C)C)oc1C. The van der Waals surface area contributed by atoms with Gasteiger partial charge >= 0.3 is 0 Å². The van der Waals surface area contributed by atoms with Crippen LogP contribution in [0.1, 0.15) is 31.2 Å². The number of aromatic nitrogens is 2. The Balaban J connectivity index is 2.06. The first-order valence-electron chi connectivity index (χ1n) is 6.34. The Morgan fingerprint density at radius 3 is 2.79 bits per heavy atom. The molecule has 5 nitrogen and oxygen atoms in total. The molecule has 0 aliphatic rings. The molecule has 1 N–H and O–H groups in total. The maximum absolute atomic E-state index is 5.64. The number of rotatable bonds is 5. The van der Waals surface area contributed by atoms with Gasteiger partial charge in [-0.05, 0) is 39.8 Å². The van der Waals surface area contributed by atoms with Gasteiger partial charge in [-0.2, -0.15) is 0 Å². The van der Waals surface area contributed by atoms with Crippen LogP contribution in [0, 0.1) is 13.8 Å². The van der Waals surface area contributed by atoms with Gasteiger partial charge in [0.2, 0.25) is 11.8 Å². The van der Waals surface area contributed by atoms with Crippen LogP contribution in [0.2, 0.25) is 0 Å². The summed E-state index contributed by atoms with van der Waals surface area (Å²) in [5.41, 5.74) is 1.76. The number of nitrogens with zero attached hydrogens (tertiary/aromatic N) is 2. The van der Waals surface area contributed by atoms with E-state index in [1.54, 1.807) is 6.20 Å². The fourth-order valence-electron chi connectivity index (χ4n) is 1.63. The number of ether oxygens (including phenoxy) is 1. The first-order valence-corrected chi connectivity index (χ1v) is 6.34. The van der Waals surface area contributed by atoms with Crippen LogP contribution in [0.4, 0.5) is 5.69 Å². The molecule has 0 radical (unpaired) electrons. The lowest BCUT2D eigenvalue weighted by Crippen LogP contribution is -2.10. The molecule has 0 bridgehead atoms. The van der Waals surface area contributed by atoms with Gasteiger partial charge in [-0.15, -0.1) is 0 Å². The number of oxazole rings is 1. The van der Waals surface area contributed by atoms with Crippen LogP contribution in [0.25, 0.3) is 0 Å². The van der Waals surface area contributed by atoms with Crippen LogP contribution in [0.15, 0.2) is 22.7 Å². The van der Waals surface area contributed by atoms with Crippen LogP contribution in [-0.4, -0.2) is 16.1 Å². The normalized spacial score (nSPS) is 10.8. The number of pyridine rings is 1. The largest absolute Gasteiger partial charge is 0.473 e. The zero-order chi connectivity index (χ0) is 13.8. The van der Waals surface area contributed by atoms with Crippen molar-refractivity contribution in [2.24, 2.45) is 0 Å². The number of hydrogen-bond acceptors (Lipinski definition) is 5. The Morgan fingerprint density at radius 2 is 2.16 bits per heavy atom. The third-order valence-corrected chi connectivity index (χ3v) is 2.62. The summed E-state index contributed by atoms with van der Waals surface area (Å²) in [4.78, 5) is 8.54. The highest BCUT2D eigenvalue weighted by Crippen LogP contribution is 2.22. The van der Waals surface area contributed by atoms with Gasteiger partial charge in [-0.3, -0.25) is 0 Å². The highest BCUT2D eigenvalue weighted by Gasteiger charge is 2.09. The Kier molecular flexibility index (Phi) is 4.04. The molecule has 0 aliphatic heterocycles. The van der Waals surface area contributed by atoms with Gasteiger partial charge in [0.05, 0.1) is 24.0 Å². The van der Waals surface area contributed by atoms with Gasteiger partial charge in [0.15, 0.2) is 0 Å². The third kappa shape index (κ3) is 3.47. The summed E-state index contributed by atoms with van der Waals surface area (Å²) in [6.45, 7) is 8.29. The van der Waals surface area contributed by atoms with E-state index in [4.69, 9.17) is 9.15 Å². The van der Waals surface area contributed by atoms with Gasteiger partial charge in [0.25, 0.3) is 0 Å². The maximum Gasteiger partial charge on any atom is 0.237 e. The molecule has 19 heavy (non-hydrogen) atoms. The minimum Gasteiger partial charge on any atom is -0.473 e. The molecule has 2 heterocycles. The van der Waals surface area contributed by atoms with Crippen molar-refractivity contribution in [3.05, 3.63) is 35.7 Å². The number of aryl methyl sites for hydroxylation is 2. The lowest BCUT2D eigenvalue weighted by molar-refractivity contribution is 0.234. The molecule has 0 atom stereocenters. The van der Waals surface area contributed by atoms with E-state index >= 15 is 0 Å². The summed E-state index contributed by atoms with van der Waals surface area (Å²) in [6, 6.07) is 3.79. The number of nitrogens with one attached hydrogen (secondary N) is 1. The van der Waals surface area contributed by atoms with E-state index < -0.39 is 0 Å². The van der Waals surface area contributed by atoms with E-state index in [1.165, 1.54) is 0 Å². The standard InChI is InChI=1S/C14H19N3O2/c1-9(2)18-14-12(6-5-7-15-14)16-8-13-17-10(3)11(4)19-13/h5-7,9,16H,8H2,1-4H3. The maximum atomic E-state index is 5.64.